The molecule has 1 atom stereocenters. The SMILES string of the molecule is O=C(O)C=CC(=O)O.O=C(O)c1ccc(OCC2CN(Cc3ccccc3)CCO2)cc1. The Morgan fingerprint density at radius 2 is 1.59 bits per heavy atom. The molecule has 1 heterocycles. The monoisotopic (exact) mass is 443 g/mol. The second kappa shape index (κ2) is 12.9. The van der Waals surface area contributed by atoms with Crippen molar-refractivity contribution in [1.29, 1.82) is 0 Å². The van der Waals surface area contributed by atoms with Crippen LogP contribution in [0.5, 0.6) is 5.75 Å². The maximum absolute atomic E-state index is 10.8. The number of aliphatic carboxylic acids is 2. The summed E-state index contributed by atoms with van der Waals surface area (Å²) in [6.07, 6.45) is 1.13. The lowest BCUT2D eigenvalue weighted by Crippen LogP contribution is -2.44. The van der Waals surface area contributed by atoms with Crippen LogP contribution < -0.4 is 4.74 Å². The molecule has 0 amide bonds. The quantitative estimate of drug-likeness (QED) is 0.526. The lowest BCUT2D eigenvalue weighted by molar-refractivity contribution is -0.134. The van der Waals surface area contributed by atoms with Crippen LogP contribution in [0.2, 0.25) is 0 Å². The first-order valence-electron chi connectivity index (χ1n) is 9.81. The molecule has 3 N–H and O–H groups in total. The molecule has 0 radical (unpaired) electrons. The van der Waals surface area contributed by atoms with E-state index in [9.17, 15) is 14.4 Å². The number of rotatable bonds is 8. The van der Waals surface area contributed by atoms with Crippen molar-refractivity contribution in [2.24, 2.45) is 0 Å². The van der Waals surface area contributed by atoms with Gasteiger partial charge in [-0.3, -0.25) is 4.90 Å². The summed E-state index contributed by atoms with van der Waals surface area (Å²) in [7, 11) is 0. The first-order valence-corrected chi connectivity index (χ1v) is 9.81. The van der Waals surface area contributed by atoms with E-state index in [1.165, 1.54) is 5.56 Å². The topological polar surface area (TPSA) is 134 Å². The van der Waals surface area contributed by atoms with Crippen LogP contribution in [0.15, 0.2) is 66.7 Å². The van der Waals surface area contributed by atoms with Crippen LogP contribution in [0.25, 0.3) is 0 Å². The molecule has 0 spiro atoms. The lowest BCUT2D eigenvalue weighted by Gasteiger charge is -2.32. The van der Waals surface area contributed by atoms with Gasteiger partial charge in [0.15, 0.2) is 0 Å². The smallest absolute Gasteiger partial charge is 0.335 e. The normalized spacial score (nSPS) is 16.1. The van der Waals surface area contributed by atoms with Crippen LogP contribution in [0.3, 0.4) is 0 Å². The van der Waals surface area contributed by atoms with Crippen LogP contribution in [0.1, 0.15) is 15.9 Å². The van der Waals surface area contributed by atoms with Crippen LogP contribution in [-0.2, 0) is 20.9 Å². The Kier molecular flexibility index (Phi) is 9.89. The molecule has 9 heteroatoms. The average Bonchev–Trinajstić information content (AvgIpc) is 2.78. The number of morpholine rings is 1. The van der Waals surface area contributed by atoms with Crippen molar-refractivity contribution in [1.82, 2.24) is 4.90 Å². The van der Waals surface area contributed by atoms with Crippen molar-refractivity contribution in [3.63, 3.8) is 0 Å². The van der Waals surface area contributed by atoms with Gasteiger partial charge in [-0.05, 0) is 29.8 Å². The molecule has 9 nitrogen and oxygen atoms in total. The van der Waals surface area contributed by atoms with Gasteiger partial charge < -0.3 is 24.8 Å². The van der Waals surface area contributed by atoms with E-state index in [4.69, 9.17) is 24.8 Å². The van der Waals surface area contributed by atoms with Crippen LogP contribution in [0, 0.1) is 0 Å². The predicted octanol–water partition coefficient (Wildman–Crippen LogP) is 2.38. The zero-order chi connectivity index (χ0) is 23.3. The second-order valence-electron chi connectivity index (χ2n) is 6.86. The summed E-state index contributed by atoms with van der Waals surface area (Å²) in [6, 6.07) is 16.8. The fraction of sp³-hybridized carbons (Fsp3) is 0.261. The predicted molar refractivity (Wildman–Crippen MR) is 115 cm³/mol. The minimum atomic E-state index is -1.26. The maximum Gasteiger partial charge on any atom is 0.335 e. The minimum absolute atomic E-state index is 0.0154. The van der Waals surface area contributed by atoms with Gasteiger partial charge in [-0.2, -0.15) is 0 Å². The Bertz CT molecular complexity index is 895. The maximum atomic E-state index is 10.8. The van der Waals surface area contributed by atoms with Crippen molar-refractivity contribution in [3.05, 3.63) is 77.9 Å². The van der Waals surface area contributed by atoms with Crippen molar-refractivity contribution < 1.29 is 39.2 Å². The van der Waals surface area contributed by atoms with E-state index in [1.54, 1.807) is 24.3 Å². The highest BCUT2D eigenvalue weighted by Gasteiger charge is 2.21. The summed E-state index contributed by atoms with van der Waals surface area (Å²) >= 11 is 0. The fourth-order valence-electron chi connectivity index (χ4n) is 2.89. The second-order valence-corrected chi connectivity index (χ2v) is 6.86. The van der Waals surface area contributed by atoms with E-state index < -0.39 is 17.9 Å². The standard InChI is InChI=1S/C19H21NO4.C4H4O4/c21-19(22)16-6-8-17(9-7-16)24-14-18-13-20(10-11-23-18)12-15-4-2-1-3-5-15;5-3(6)1-2-4(7)8/h1-9,18H,10-14H2,(H,21,22);1-2H,(H,5,6)(H,7,8). The summed E-state index contributed by atoms with van der Waals surface area (Å²) in [6.45, 7) is 3.80. The highest BCUT2D eigenvalue weighted by Crippen LogP contribution is 2.15. The molecule has 1 unspecified atom stereocenters. The Balaban J connectivity index is 0.000000390. The van der Waals surface area contributed by atoms with Gasteiger partial charge in [-0.25, -0.2) is 14.4 Å². The number of carboxylic acid groups (broad SMARTS) is 3. The summed E-state index contributed by atoms with van der Waals surface area (Å²) in [5.41, 5.74) is 1.55. The number of ether oxygens (including phenoxy) is 2. The molecule has 2 aromatic rings. The minimum Gasteiger partial charge on any atom is -0.491 e. The van der Waals surface area contributed by atoms with Crippen molar-refractivity contribution >= 4 is 17.9 Å². The van der Waals surface area contributed by atoms with E-state index in [0.29, 0.717) is 31.1 Å². The molecule has 32 heavy (non-hydrogen) atoms. The first kappa shape index (κ1) is 24.6. The molecule has 1 aliphatic heterocycles. The number of nitrogens with zero attached hydrogens (tertiary/aromatic N) is 1. The summed E-state index contributed by atoms with van der Waals surface area (Å²) in [5, 5.41) is 24.5. The van der Waals surface area contributed by atoms with Crippen LogP contribution in [0.4, 0.5) is 0 Å². The summed E-state index contributed by atoms with van der Waals surface area (Å²) in [4.78, 5) is 32.3. The fourth-order valence-corrected chi connectivity index (χ4v) is 2.89. The van der Waals surface area contributed by atoms with Gasteiger partial charge in [-0.1, -0.05) is 30.3 Å². The van der Waals surface area contributed by atoms with E-state index in [1.807, 2.05) is 6.07 Å². The summed E-state index contributed by atoms with van der Waals surface area (Å²) in [5.74, 6) is -2.79. The third-order valence-electron chi connectivity index (χ3n) is 4.38. The number of carbonyl (C=O) groups is 3. The Morgan fingerprint density at radius 1 is 0.969 bits per heavy atom. The van der Waals surface area contributed by atoms with Crippen molar-refractivity contribution in [2.75, 3.05) is 26.3 Å². The third kappa shape index (κ3) is 9.41. The highest BCUT2D eigenvalue weighted by molar-refractivity contribution is 5.89. The highest BCUT2D eigenvalue weighted by atomic mass is 16.5. The van der Waals surface area contributed by atoms with E-state index >= 15 is 0 Å². The number of hydrogen-bond acceptors (Lipinski definition) is 6. The molecule has 2 aromatic carbocycles. The van der Waals surface area contributed by atoms with Gasteiger partial charge in [0.1, 0.15) is 18.5 Å². The Morgan fingerprint density at radius 3 is 2.16 bits per heavy atom. The third-order valence-corrected chi connectivity index (χ3v) is 4.38. The first-order chi connectivity index (χ1) is 15.3. The molecule has 3 rings (SSSR count). The van der Waals surface area contributed by atoms with E-state index in [2.05, 4.69) is 29.2 Å². The van der Waals surface area contributed by atoms with Crippen molar-refractivity contribution in [2.45, 2.75) is 12.6 Å². The van der Waals surface area contributed by atoms with E-state index in [0.717, 1.165) is 19.6 Å². The largest absolute Gasteiger partial charge is 0.491 e. The van der Waals surface area contributed by atoms with Crippen LogP contribution in [-0.4, -0.2) is 70.5 Å². The number of carboxylic acids is 3. The molecule has 1 fully saturated rings. The zero-order valence-corrected chi connectivity index (χ0v) is 17.3. The molecule has 1 saturated heterocycles. The van der Waals surface area contributed by atoms with Gasteiger partial charge >= 0.3 is 17.9 Å². The van der Waals surface area contributed by atoms with Gasteiger partial charge in [-0.15, -0.1) is 0 Å². The number of hydrogen-bond donors (Lipinski definition) is 3. The van der Waals surface area contributed by atoms with Gasteiger partial charge in [0, 0.05) is 31.8 Å². The average molecular weight is 443 g/mol. The molecular weight excluding hydrogens is 418 g/mol. The Hall–Kier alpha value is -3.69. The van der Waals surface area contributed by atoms with Gasteiger partial charge in [0.25, 0.3) is 0 Å². The molecule has 0 aromatic heterocycles. The molecule has 0 saturated carbocycles. The molecular formula is C23H25NO8. The zero-order valence-electron chi connectivity index (χ0n) is 17.3. The number of aromatic carboxylic acids is 1. The summed E-state index contributed by atoms with van der Waals surface area (Å²) < 4.78 is 11.5. The Labute approximate surface area is 185 Å². The van der Waals surface area contributed by atoms with Gasteiger partial charge in [0.05, 0.1) is 12.2 Å². The molecule has 0 aliphatic carbocycles. The molecule has 170 valence electrons. The van der Waals surface area contributed by atoms with Crippen molar-refractivity contribution in [3.8, 4) is 5.75 Å². The number of benzene rings is 2. The molecule has 1 aliphatic rings. The van der Waals surface area contributed by atoms with Gasteiger partial charge in [0.2, 0.25) is 0 Å². The lowest BCUT2D eigenvalue weighted by atomic mass is 10.2. The molecule has 0 bridgehead atoms. The van der Waals surface area contributed by atoms with Crippen LogP contribution >= 0.6 is 0 Å². The van der Waals surface area contributed by atoms with E-state index in [-0.39, 0.29) is 11.7 Å².